The molecule has 4 unspecified atom stereocenters. The van der Waals surface area contributed by atoms with Crippen LogP contribution in [-0.4, -0.2) is 17.4 Å². The molecule has 1 amide bonds. The average Bonchev–Trinajstić information content (AvgIpc) is 3.10. The Balaban J connectivity index is 1.53. The van der Waals surface area contributed by atoms with Gasteiger partial charge < -0.3 is 11.1 Å². The summed E-state index contributed by atoms with van der Waals surface area (Å²) >= 11 is 1.46. The molecule has 2 aliphatic rings. The maximum Gasteiger partial charge on any atom is 0.270 e. The van der Waals surface area contributed by atoms with E-state index in [0.717, 1.165) is 23.4 Å². The standard InChI is InChI=1S/C14H21N3OS/c1-8(15)14-17-12(7-19-14)13(18)16-6-11-5-9-2-3-10(11)4-9/h7-11H,2-6,15H2,1H3,(H,16,18). The minimum Gasteiger partial charge on any atom is -0.350 e. The zero-order chi connectivity index (χ0) is 13.4. The van der Waals surface area contributed by atoms with Crippen LogP contribution < -0.4 is 11.1 Å². The third-order valence-electron chi connectivity index (χ3n) is 4.55. The van der Waals surface area contributed by atoms with Gasteiger partial charge in [-0.3, -0.25) is 4.79 Å². The minimum absolute atomic E-state index is 0.0501. The van der Waals surface area contributed by atoms with Gasteiger partial charge in [-0.05, 0) is 43.9 Å². The highest BCUT2D eigenvalue weighted by Crippen LogP contribution is 2.47. The van der Waals surface area contributed by atoms with Crippen molar-refractivity contribution in [3.63, 3.8) is 0 Å². The van der Waals surface area contributed by atoms with Crippen LogP contribution in [0.25, 0.3) is 0 Å². The number of aromatic nitrogens is 1. The maximum atomic E-state index is 12.0. The summed E-state index contributed by atoms with van der Waals surface area (Å²) in [5.41, 5.74) is 6.27. The van der Waals surface area contributed by atoms with Crippen LogP contribution in [0.2, 0.25) is 0 Å². The second-order valence-electron chi connectivity index (χ2n) is 6.00. The molecule has 0 aliphatic heterocycles. The molecule has 1 aromatic rings. The number of carbonyl (C=O) groups excluding carboxylic acids is 1. The lowest BCUT2D eigenvalue weighted by Gasteiger charge is -2.21. The second kappa shape index (κ2) is 5.21. The third-order valence-corrected chi connectivity index (χ3v) is 5.60. The molecular formula is C14H21N3OS. The predicted molar refractivity (Wildman–Crippen MR) is 76.0 cm³/mol. The van der Waals surface area contributed by atoms with E-state index in [1.807, 2.05) is 6.92 Å². The van der Waals surface area contributed by atoms with E-state index in [2.05, 4.69) is 10.3 Å². The van der Waals surface area contributed by atoms with Gasteiger partial charge in [0.15, 0.2) is 0 Å². The lowest BCUT2D eigenvalue weighted by molar-refractivity contribution is 0.0937. The van der Waals surface area contributed by atoms with Gasteiger partial charge in [0, 0.05) is 11.9 Å². The molecule has 1 heterocycles. The van der Waals surface area contributed by atoms with E-state index in [-0.39, 0.29) is 11.9 Å². The van der Waals surface area contributed by atoms with Crippen LogP contribution in [0, 0.1) is 17.8 Å². The number of amides is 1. The number of carbonyl (C=O) groups is 1. The highest BCUT2D eigenvalue weighted by molar-refractivity contribution is 7.09. The molecule has 3 N–H and O–H groups in total. The fourth-order valence-electron chi connectivity index (χ4n) is 3.54. The molecule has 0 aromatic carbocycles. The van der Waals surface area contributed by atoms with Crippen LogP contribution in [-0.2, 0) is 0 Å². The summed E-state index contributed by atoms with van der Waals surface area (Å²) in [7, 11) is 0. The van der Waals surface area contributed by atoms with Crippen molar-refractivity contribution in [2.45, 2.75) is 38.6 Å². The van der Waals surface area contributed by atoms with Gasteiger partial charge in [-0.15, -0.1) is 11.3 Å². The molecule has 0 spiro atoms. The fraction of sp³-hybridized carbons (Fsp3) is 0.714. The Bertz CT molecular complexity index is 471. The van der Waals surface area contributed by atoms with E-state index >= 15 is 0 Å². The Hall–Kier alpha value is -0.940. The van der Waals surface area contributed by atoms with E-state index in [4.69, 9.17) is 5.73 Å². The number of nitrogens with one attached hydrogen (secondary N) is 1. The van der Waals surface area contributed by atoms with Crippen LogP contribution >= 0.6 is 11.3 Å². The summed E-state index contributed by atoms with van der Waals surface area (Å²) in [6, 6.07) is -0.0999. The average molecular weight is 279 g/mol. The van der Waals surface area contributed by atoms with E-state index < -0.39 is 0 Å². The monoisotopic (exact) mass is 279 g/mol. The zero-order valence-corrected chi connectivity index (χ0v) is 12.1. The predicted octanol–water partition coefficient (Wildman–Crippen LogP) is 2.33. The number of fused-ring (bicyclic) bond motifs is 2. The molecule has 2 bridgehead atoms. The van der Waals surface area contributed by atoms with E-state index in [1.165, 1.54) is 37.0 Å². The van der Waals surface area contributed by atoms with Crippen LogP contribution in [0.5, 0.6) is 0 Å². The van der Waals surface area contributed by atoms with Crippen molar-refractivity contribution in [3.8, 4) is 0 Å². The van der Waals surface area contributed by atoms with Crippen LogP contribution in [0.4, 0.5) is 0 Å². The lowest BCUT2D eigenvalue weighted by atomic mass is 9.89. The molecule has 3 rings (SSSR count). The topological polar surface area (TPSA) is 68.0 Å². The van der Waals surface area contributed by atoms with Crippen molar-refractivity contribution >= 4 is 17.2 Å². The first-order valence-electron chi connectivity index (χ1n) is 7.12. The lowest BCUT2D eigenvalue weighted by Crippen LogP contribution is -2.31. The molecule has 2 fully saturated rings. The van der Waals surface area contributed by atoms with Gasteiger partial charge in [0.1, 0.15) is 10.7 Å². The van der Waals surface area contributed by atoms with Crippen LogP contribution in [0.1, 0.15) is 54.1 Å². The van der Waals surface area contributed by atoms with Gasteiger partial charge >= 0.3 is 0 Å². The molecule has 4 nitrogen and oxygen atoms in total. The van der Waals surface area contributed by atoms with Gasteiger partial charge in [0.25, 0.3) is 5.91 Å². The first kappa shape index (κ1) is 13.1. The van der Waals surface area contributed by atoms with Gasteiger partial charge in [-0.25, -0.2) is 4.98 Å². The second-order valence-corrected chi connectivity index (χ2v) is 6.89. The SMILES string of the molecule is CC(N)c1nc(C(=O)NCC2CC3CCC2C3)cs1. The number of hydrogen-bond acceptors (Lipinski definition) is 4. The van der Waals surface area contributed by atoms with Crippen LogP contribution in [0.15, 0.2) is 5.38 Å². The Kier molecular flexibility index (Phi) is 3.58. The van der Waals surface area contributed by atoms with Gasteiger partial charge in [-0.2, -0.15) is 0 Å². The number of rotatable bonds is 4. The highest BCUT2D eigenvalue weighted by Gasteiger charge is 2.39. The molecule has 104 valence electrons. The number of hydrogen-bond donors (Lipinski definition) is 2. The zero-order valence-electron chi connectivity index (χ0n) is 11.3. The molecule has 2 saturated carbocycles. The maximum absolute atomic E-state index is 12.0. The van der Waals surface area contributed by atoms with Crippen molar-refractivity contribution in [2.75, 3.05) is 6.54 Å². The number of thiazole rings is 1. The molecule has 4 atom stereocenters. The van der Waals surface area contributed by atoms with Gasteiger partial charge in [-0.1, -0.05) is 6.42 Å². The first-order valence-corrected chi connectivity index (χ1v) is 8.00. The van der Waals surface area contributed by atoms with Gasteiger partial charge in [0.2, 0.25) is 0 Å². The Morgan fingerprint density at radius 3 is 3.00 bits per heavy atom. The van der Waals surface area contributed by atoms with Gasteiger partial charge in [0.05, 0.1) is 6.04 Å². The van der Waals surface area contributed by atoms with Crippen molar-refractivity contribution in [2.24, 2.45) is 23.5 Å². The minimum atomic E-state index is -0.0999. The summed E-state index contributed by atoms with van der Waals surface area (Å²) in [6.45, 7) is 2.70. The molecule has 2 aliphatic carbocycles. The fourth-order valence-corrected chi connectivity index (χ4v) is 4.30. The normalized spacial score (nSPS) is 30.5. The summed E-state index contributed by atoms with van der Waals surface area (Å²) in [5, 5.41) is 5.67. The van der Waals surface area contributed by atoms with Crippen LogP contribution in [0.3, 0.4) is 0 Å². The molecule has 0 radical (unpaired) electrons. The van der Waals surface area contributed by atoms with E-state index in [0.29, 0.717) is 11.6 Å². The Labute approximate surface area is 117 Å². The van der Waals surface area contributed by atoms with Crippen molar-refractivity contribution in [1.82, 2.24) is 10.3 Å². The molecular weight excluding hydrogens is 258 g/mol. The summed E-state index contributed by atoms with van der Waals surface area (Å²) in [5.74, 6) is 2.41. The smallest absolute Gasteiger partial charge is 0.270 e. The number of nitrogens with two attached hydrogens (primary N) is 1. The Morgan fingerprint density at radius 1 is 1.58 bits per heavy atom. The number of nitrogens with zero attached hydrogens (tertiary/aromatic N) is 1. The third kappa shape index (κ3) is 2.67. The highest BCUT2D eigenvalue weighted by atomic mass is 32.1. The molecule has 5 heteroatoms. The van der Waals surface area contributed by atoms with Crippen molar-refractivity contribution < 1.29 is 4.79 Å². The molecule has 1 aromatic heterocycles. The van der Waals surface area contributed by atoms with Crippen molar-refractivity contribution in [3.05, 3.63) is 16.1 Å². The first-order chi connectivity index (χ1) is 9.13. The molecule has 0 saturated heterocycles. The van der Waals surface area contributed by atoms with E-state index in [1.54, 1.807) is 5.38 Å². The summed E-state index contributed by atoms with van der Waals surface area (Å²) in [4.78, 5) is 16.3. The van der Waals surface area contributed by atoms with E-state index in [9.17, 15) is 4.79 Å². The largest absolute Gasteiger partial charge is 0.350 e. The quantitative estimate of drug-likeness (QED) is 0.889. The summed E-state index contributed by atoms with van der Waals surface area (Å²) < 4.78 is 0. The van der Waals surface area contributed by atoms with Crippen molar-refractivity contribution in [1.29, 1.82) is 0 Å². The molecule has 19 heavy (non-hydrogen) atoms. The Morgan fingerprint density at radius 2 is 2.42 bits per heavy atom. The summed E-state index contributed by atoms with van der Waals surface area (Å²) in [6.07, 6.45) is 5.44.